The van der Waals surface area contributed by atoms with Crippen molar-refractivity contribution in [2.75, 3.05) is 0 Å². The van der Waals surface area contributed by atoms with E-state index in [9.17, 15) is 18.0 Å². The topological polar surface area (TPSA) is 17.1 Å². The summed E-state index contributed by atoms with van der Waals surface area (Å²) in [6.07, 6.45) is -0.254. The van der Waals surface area contributed by atoms with Crippen LogP contribution in [-0.4, -0.2) is 5.78 Å². The first-order valence-electron chi connectivity index (χ1n) is 5.50. The van der Waals surface area contributed by atoms with Crippen LogP contribution in [0, 0.1) is 17.5 Å². The van der Waals surface area contributed by atoms with Gasteiger partial charge < -0.3 is 0 Å². The number of hydrogen-bond acceptors (Lipinski definition) is 1. The summed E-state index contributed by atoms with van der Waals surface area (Å²) in [7, 11) is 0. The third-order valence-electron chi connectivity index (χ3n) is 2.67. The van der Waals surface area contributed by atoms with Crippen LogP contribution in [0.1, 0.15) is 15.9 Å². The number of halogens is 5. The maximum absolute atomic E-state index is 13.6. The Bertz CT molecular complexity index is 688. The van der Waals surface area contributed by atoms with Gasteiger partial charge in [-0.15, -0.1) is 0 Å². The summed E-state index contributed by atoms with van der Waals surface area (Å²) in [5.74, 6) is -2.97. The standard InChI is InChI=1S/C14H7BrClF3O/c15-10-2-1-8(17)3-7(10)4-14(20)9-5-13(19)11(16)6-12(9)18/h1-3,5-6H,4H2. The fraction of sp³-hybridized carbons (Fsp3) is 0.0714. The van der Waals surface area contributed by atoms with Gasteiger partial charge in [0.15, 0.2) is 5.78 Å². The zero-order valence-corrected chi connectivity index (χ0v) is 12.2. The second kappa shape index (κ2) is 5.97. The predicted octanol–water partition coefficient (Wildman–Crippen LogP) is 4.95. The molecule has 2 aromatic carbocycles. The second-order valence-corrected chi connectivity index (χ2v) is 5.34. The molecule has 0 aliphatic heterocycles. The molecule has 0 radical (unpaired) electrons. The molecule has 1 nitrogen and oxygen atoms in total. The van der Waals surface area contributed by atoms with Crippen molar-refractivity contribution < 1.29 is 18.0 Å². The van der Waals surface area contributed by atoms with Gasteiger partial charge in [0.2, 0.25) is 0 Å². The first-order valence-corrected chi connectivity index (χ1v) is 6.67. The lowest BCUT2D eigenvalue weighted by atomic mass is 10.0. The van der Waals surface area contributed by atoms with Crippen LogP contribution >= 0.6 is 27.5 Å². The van der Waals surface area contributed by atoms with Gasteiger partial charge >= 0.3 is 0 Å². The average Bonchev–Trinajstić information content (AvgIpc) is 2.38. The van der Waals surface area contributed by atoms with Gasteiger partial charge in [0.25, 0.3) is 0 Å². The van der Waals surface area contributed by atoms with E-state index in [2.05, 4.69) is 15.9 Å². The summed E-state index contributed by atoms with van der Waals surface area (Å²) in [5, 5.41) is -0.397. The van der Waals surface area contributed by atoms with Crippen molar-refractivity contribution in [3.63, 3.8) is 0 Å². The van der Waals surface area contributed by atoms with Crippen molar-refractivity contribution in [3.8, 4) is 0 Å². The molecule has 0 saturated heterocycles. The minimum atomic E-state index is -0.908. The van der Waals surface area contributed by atoms with Crippen LogP contribution in [0.2, 0.25) is 5.02 Å². The molecule has 2 rings (SSSR count). The van der Waals surface area contributed by atoms with E-state index in [0.29, 0.717) is 10.0 Å². The van der Waals surface area contributed by atoms with Gasteiger partial charge in [-0.3, -0.25) is 4.79 Å². The van der Waals surface area contributed by atoms with Crippen molar-refractivity contribution in [1.82, 2.24) is 0 Å². The first-order chi connectivity index (χ1) is 9.38. The molecule has 20 heavy (non-hydrogen) atoms. The quantitative estimate of drug-likeness (QED) is 0.557. The highest BCUT2D eigenvalue weighted by molar-refractivity contribution is 9.10. The Morgan fingerprint density at radius 2 is 1.80 bits per heavy atom. The van der Waals surface area contributed by atoms with Crippen LogP contribution < -0.4 is 0 Å². The molecule has 0 N–H and O–H groups in total. The van der Waals surface area contributed by atoms with Crippen LogP contribution in [0.3, 0.4) is 0 Å². The molecule has 0 fully saturated rings. The van der Waals surface area contributed by atoms with E-state index in [-0.39, 0.29) is 6.42 Å². The number of hydrogen-bond donors (Lipinski definition) is 0. The Labute approximate surface area is 126 Å². The summed E-state index contributed by atoms with van der Waals surface area (Å²) < 4.78 is 40.5. The Hall–Kier alpha value is -1.33. The zero-order chi connectivity index (χ0) is 14.9. The van der Waals surface area contributed by atoms with Crippen molar-refractivity contribution in [2.24, 2.45) is 0 Å². The van der Waals surface area contributed by atoms with E-state index in [1.165, 1.54) is 12.1 Å². The average molecular weight is 364 g/mol. The highest BCUT2D eigenvalue weighted by Crippen LogP contribution is 2.23. The van der Waals surface area contributed by atoms with Gasteiger partial charge in [0.05, 0.1) is 10.6 Å². The molecule has 0 atom stereocenters. The summed E-state index contributed by atoms with van der Waals surface area (Å²) in [6.45, 7) is 0. The van der Waals surface area contributed by atoms with Gasteiger partial charge in [-0.1, -0.05) is 27.5 Å². The molecule has 6 heteroatoms. The summed E-state index contributed by atoms with van der Waals surface area (Å²) >= 11 is 8.58. The molecule has 104 valence electrons. The molecular weight excluding hydrogens is 357 g/mol. The minimum Gasteiger partial charge on any atom is -0.294 e. The lowest BCUT2D eigenvalue weighted by Gasteiger charge is -2.06. The van der Waals surface area contributed by atoms with Gasteiger partial charge in [-0.2, -0.15) is 0 Å². The Balaban J connectivity index is 2.33. The minimum absolute atomic E-state index is 0.254. The fourth-order valence-electron chi connectivity index (χ4n) is 1.68. The van der Waals surface area contributed by atoms with E-state index < -0.39 is 33.8 Å². The molecule has 0 aliphatic rings. The van der Waals surface area contributed by atoms with E-state index in [1.54, 1.807) is 0 Å². The van der Waals surface area contributed by atoms with Gasteiger partial charge in [-0.25, -0.2) is 13.2 Å². The van der Waals surface area contributed by atoms with Crippen LogP contribution in [0.15, 0.2) is 34.8 Å². The molecule has 0 heterocycles. The fourth-order valence-corrected chi connectivity index (χ4v) is 2.22. The molecule has 0 amide bonds. The number of ketones is 1. The molecule has 0 spiro atoms. The Morgan fingerprint density at radius 3 is 2.50 bits per heavy atom. The number of carbonyl (C=O) groups excluding carboxylic acids is 1. The predicted molar refractivity (Wildman–Crippen MR) is 73.5 cm³/mol. The molecule has 2 aromatic rings. The lowest BCUT2D eigenvalue weighted by molar-refractivity contribution is 0.0988. The van der Waals surface area contributed by atoms with Crippen molar-refractivity contribution in [1.29, 1.82) is 0 Å². The number of Topliss-reactive ketones (excluding diaryl/α,β-unsaturated/α-hetero) is 1. The van der Waals surface area contributed by atoms with E-state index in [4.69, 9.17) is 11.6 Å². The van der Waals surface area contributed by atoms with Crippen molar-refractivity contribution in [3.05, 3.63) is 68.4 Å². The Kier molecular flexibility index (Phi) is 4.50. The molecule has 0 aromatic heterocycles. The first kappa shape index (κ1) is 15.1. The second-order valence-electron chi connectivity index (χ2n) is 4.08. The summed E-state index contributed by atoms with van der Waals surface area (Å²) in [5.41, 5.74) is -0.0622. The van der Waals surface area contributed by atoms with Gasteiger partial charge in [0.1, 0.15) is 17.5 Å². The van der Waals surface area contributed by atoms with Crippen molar-refractivity contribution >= 4 is 33.3 Å². The van der Waals surface area contributed by atoms with Crippen LogP contribution in [-0.2, 0) is 6.42 Å². The largest absolute Gasteiger partial charge is 0.294 e. The van der Waals surface area contributed by atoms with Crippen LogP contribution in [0.25, 0.3) is 0 Å². The zero-order valence-electron chi connectivity index (χ0n) is 9.89. The van der Waals surface area contributed by atoms with Crippen molar-refractivity contribution in [2.45, 2.75) is 6.42 Å². The smallest absolute Gasteiger partial charge is 0.170 e. The third-order valence-corrected chi connectivity index (χ3v) is 3.73. The van der Waals surface area contributed by atoms with E-state index in [0.717, 1.165) is 18.2 Å². The maximum atomic E-state index is 13.6. The Morgan fingerprint density at radius 1 is 1.10 bits per heavy atom. The molecule has 0 unspecified atom stereocenters. The SMILES string of the molecule is O=C(Cc1cc(F)ccc1Br)c1cc(F)c(Cl)cc1F. The van der Waals surface area contributed by atoms with E-state index in [1.807, 2.05) is 0 Å². The lowest BCUT2D eigenvalue weighted by Crippen LogP contribution is -2.08. The van der Waals surface area contributed by atoms with Gasteiger partial charge in [-0.05, 0) is 35.9 Å². The summed E-state index contributed by atoms with van der Waals surface area (Å²) in [4.78, 5) is 12.0. The van der Waals surface area contributed by atoms with Crippen LogP contribution in [0.5, 0.6) is 0 Å². The number of carbonyl (C=O) groups is 1. The van der Waals surface area contributed by atoms with E-state index >= 15 is 0 Å². The monoisotopic (exact) mass is 362 g/mol. The number of benzene rings is 2. The van der Waals surface area contributed by atoms with Crippen LogP contribution in [0.4, 0.5) is 13.2 Å². The third kappa shape index (κ3) is 3.22. The summed E-state index contributed by atoms with van der Waals surface area (Å²) in [6, 6.07) is 5.31. The highest BCUT2D eigenvalue weighted by Gasteiger charge is 2.17. The molecule has 0 aliphatic carbocycles. The molecular formula is C14H7BrClF3O. The van der Waals surface area contributed by atoms with Gasteiger partial charge in [0, 0.05) is 10.9 Å². The highest BCUT2D eigenvalue weighted by atomic mass is 79.9. The number of rotatable bonds is 3. The maximum Gasteiger partial charge on any atom is 0.170 e. The molecule has 0 saturated carbocycles. The molecule has 0 bridgehead atoms. The normalized spacial score (nSPS) is 10.7.